The number of nitrogens with zero attached hydrogens (tertiary/aromatic N) is 3. The fraction of sp³-hybridized carbons (Fsp3) is 0.500. The van der Waals surface area contributed by atoms with Crippen LogP contribution in [0.1, 0.15) is 28.8 Å². The van der Waals surface area contributed by atoms with Gasteiger partial charge in [-0.15, -0.1) is 21.5 Å². The molecule has 0 radical (unpaired) electrons. The quantitative estimate of drug-likeness (QED) is 0.880. The van der Waals surface area contributed by atoms with Crippen molar-refractivity contribution in [1.82, 2.24) is 20.4 Å². The predicted octanol–water partition coefficient (Wildman–Crippen LogP) is 2.87. The summed E-state index contributed by atoms with van der Waals surface area (Å²) >= 11 is 3.11. The van der Waals surface area contributed by atoms with Gasteiger partial charge in [0.15, 0.2) is 0 Å². The first kappa shape index (κ1) is 15.4. The molecule has 3 heterocycles. The lowest BCUT2D eigenvalue weighted by atomic mass is 10.2. The van der Waals surface area contributed by atoms with Crippen molar-refractivity contribution in [2.45, 2.75) is 25.8 Å². The number of rotatable bonds is 5. The van der Waals surface area contributed by atoms with Crippen LogP contribution in [0.4, 0.5) is 9.93 Å². The normalized spacial score (nSPS) is 16.6. The van der Waals surface area contributed by atoms with Gasteiger partial charge in [-0.05, 0) is 44.3 Å². The zero-order chi connectivity index (χ0) is 15.4. The number of thiophene rings is 1. The molecule has 1 atom stereocenters. The molecule has 0 aliphatic carbocycles. The molecule has 2 N–H and O–H groups in total. The minimum atomic E-state index is -0.225. The van der Waals surface area contributed by atoms with E-state index in [1.54, 1.807) is 11.3 Å². The molecule has 0 bridgehead atoms. The number of hydrogen-bond acceptors (Lipinski definition) is 6. The fourth-order valence-corrected chi connectivity index (χ4v) is 4.07. The van der Waals surface area contributed by atoms with Crippen LogP contribution in [0.3, 0.4) is 0 Å². The number of hydrogen-bond donors (Lipinski definition) is 2. The highest BCUT2D eigenvalue weighted by Crippen LogP contribution is 2.27. The van der Waals surface area contributed by atoms with Crippen LogP contribution in [0.25, 0.3) is 0 Å². The molecule has 1 fully saturated rings. The summed E-state index contributed by atoms with van der Waals surface area (Å²) < 4.78 is 0. The van der Waals surface area contributed by atoms with Gasteiger partial charge in [0, 0.05) is 11.4 Å². The van der Waals surface area contributed by atoms with Gasteiger partial charge in [0.05, 0.1) is 6.04 Å². The van der Waals surface area contributed by atoms with Gasteiger partial charge in [-0.2, -0.15) is 0 Å². The number of amides is 2. The van der Waals surface area contributed by atoms with E-state index in [2.05, 4.69) is 43.2 Å². The minimum Gasteiger partial charge on any atom is -0.336 e. The Morgan fingerprint density at radius 2 is 2.23 bits per heavy atom. The van der Waals surface area contributed by atoms with Crippen LogP contribution in [0.15, 0.2) is 17.5 Å². The topological polar surface area (TPSA) is 70.1 Å². The van der Waals surface area contributed by atoms with Crippen LogP contribution in [0, 0.1) is 6.92 Å². The summed E-state index contributed by atoms with van der Waals surface area (Å²) in [6, 6.07) is 4.23. The number of aromatic nitrogens is 2. The molecule has 1 saturated heterocycles. The van der Waals surface area contributed by atoms with Crippen molar-refractivity contribution in [1.29, 1.82) is 0 Å². The van der Waals surface area contributed by atoms with E-state index in [9.17, 15) is 4.79 Å². The van der Waals surface area contributed by atoms with E-state index in [0.29, 0.717) is 11.7 Å². The molecule has 0 aromatic carbocycles. The Morgan fingerprint density at radius 3 is 2.86 bits per heavy atom. The largest absolute Gasteiger partial charge is 0.336 e. The van der Waals surface area contributed by atoms with E-state index >= 15 is 0 Å². The monoisotopic (exact) mass is 337 g/mol. The number of urea groups is 1. The molecule has 2 aromatic heterocycles. The zero-order valence-corrected chi connectivity index (χ0v) is 14.0. The molecule has 3 rings (SSSR count). The standard InChI is InChI=1S/C14H19N5OS2/c1-10-17-18-14(22-10)16-13(20)15-9-11(12-5-4-8-21-12)19-6-2-3-7-19/h4-5,8,11H,2-3,6-7,9H2,1H3,(H2,15,16,18,20)/t11-/m1/s1. The number of carbonyl (C=O) groups excluding carboxylic acids is 1. The Labute approximate surface area is 137 Å². The lowest BCUT2D eigenvalue weighted by Gasteiger charge is -2.26. The molecule has 1 aliphatic rings. The molecule has 2 amide bonds. The van der Waals surface area contributed by atoms with Crippen molar-refractivity contribution in [2.24, 2.45) is 0 Å². The van der Waals surface area contributed by atoms with Gasteiger partial charge in [0.2, 0.25) is 5.13 Å². The Balaban J connectivity index is 1.57. The third kappa shape index (κ3) is 3.82. The summed E-state index contributed by atoms with van der Waals surface area (Å²) in [5.74, 6) is 0. The maximum atomic E-state index is 12.0. The molecule has 1 aliphatic heterocycles. The molecule has 0 saturated carbocycles. The molecule has 22 heavy (non-hydrogen) atoms. The van der Waals surface area contributed by atoms with Crippen LogP contribution >= 0.6 is 22.7 Å². The van der Waals surface area contributed by atoms with Gasteiger partial charge >= 0.3 is 6.03 Å². The first-order valence-corrected chi connectivity index (χ1v) is 9.04. The Bertz CT molecular complexity index is 607. The average molecular weight is 337 g/mol. The lowest BCUT2D eigenvalue weighted by molar-refractivity contribution is 0.229. The van der Waals surface area contributed by atoms with Crippen LogP contribution in [0.5, 0.6) is 0 Å². The number of aryl methyl sites for hydroxylation is 1. The first-order chi connectivity index (χ1) is 10.7. The van der Waals surface area contributed by atoms with Crippen molar-refractivity contribution in [2.75, 3.05) is 25.0 Å². The van der Waals surface area contributed by atoms with Gasteiger partial charge in [0.1, 0.15) is 5.01 Å². The first-order valence-electron chi connectivity index (χ1n) is 7.35. The fourth-order valence-electron chi connectivity index (χ4n) is 2.62. The third-order valence-corrected chi connectivity index (χ3v) is 5.38. The van der Waals surface area contributed by atoms with E-state index in [1.807, 2.05) is 6.92 Å². The molecule has 0 unspecified atom stereocenters. The molecule has 118 valence electrons. The van der Waals surface area contributed by atoms with Crippen LogP contribution < -0.4 is 10.6 Å². The van der Waals surface area contributed by atoms with Crippen molar-refractivity contribution in [3.05, 3.63) is 27.4 Å². The number of nitrogens with one attached hydrogen (secondary N) is 2. The summed E-state index contributed by atoms with van der Waals surface area (Å²) in [5.41, 5.74) is 0. The van der Waals surface area contributed by atoms with Gasteiger partial charge in [-0.25, -0.2) is 4.79 Å². The second kappa shape index (κ2) is 7.17. The van der Waals surface area contributed by atoms with Crippen molar-refractivity contribution in [3.8, 4) is 0 Å². The summed E-state index contributed by atoms with van der Waals surface area (Å²) in [6.45, 7) is 4.66. The predicted molar refractivity (Wildman–Crippen MR) is 89.5 cm³/mol. The number of likely N-dealkylation sites (tertiary alicyclic amines) is 1. The van der Waals surface area contributed by atoms with Crippen molar-refractivity contribution < 1.29 is 4.79 Å². The Hall–Kier alpha value is -1.51. The molecule has 8 heteroatoms. The maximum absolute atomic E-state index is 12.0. The molecular weight excluding hydrogens is 318 g/mol. The van der Waals surface area contributed by atoms with Crippen LogP contribution in [0.2, 0.25) is 0 Å². The summed E-state index contributed by atoms with van der Waals surface area (Å²) in [5, 5.41) is 16.9. The second-order valence-electron chi connectivity index (χ2n) is 5.24. The van der Waals surface area contributed by atoms with Gasteiger partial charge in [-0.3, -0.25) is 10.2 Å². The Morgan fingerprint density at radius 1 is 1.41 bits per heavy atom. The smallest absolute Gasteiger partial charge is 0.321 e. The van der Waals surface area contributed by atoms with Gasteiger partial charge in [-0.1, -0.05) is 17.4 Å². The average Bonchev–Trinajstić information content (AvgIpc) is 3.22. The van der Waals surface area contributed by atoms with E-state index in [4.69, 9.17) is 0 Å². The summed E-state index contributed by atoms with van der Waals surface area (Å²) in [6.07, 6.45) is 2.47. The van der Waals surface area contributed by atoms with Crippen LogP contribution in [-0.4, -0.2) is 40.8 Å². The summed E-state index contributed by atoms with van der Waals surface area (Å²) in [7, 11) is 0. The maximum Gasteiger partial charge on any atom is 0.321 e. The van der Waals surface area contributed by atoms with E-state index < -0.39 is 0 Å². The second-order valence-corrected chi connectivity index (χ2v) is 7.40. The molecular formula is C14H19N5OS2. The SMILES string of the molecule is Cc1nnc(NC(=O)NC[C@H](c2cccs2)N2CCCC2)s1. The van der Waals surface area contributed by atoms with Gasteiger partial charge in [0.25, 0.3) is 0 Å². The zero-order valence-electron chi connectivity index (χ0n) is 12.4. The lowest BCUT2D eigenvalue weighted by Crippen LogP contribution is -2.38. The van der Waals surface area contributed by atoms with E-state index in [-0.39, 0.29) is 12.1 Å². The molecule has 6 nitrogen and oxygen atoms in total. The summed E-state index contributed by atoms with van der Waals surface area (Å²) in [4.78, 5) is 15.8. The highest BCUT2D eigenvalue weighted by atomic mass is 32.1. The third-order valence-electron chi connectivity index (χ3n) is 3.66. The van der Waals surface area contributed by atoms with E-state index in [1.165, 1.54) is 29.1 Å². The number of anilines is 1. The highest BCUT2D eigenvalue weighted by Gasteiger charge is 2.24. The van der Waals surface area contributed by atoms with Gasteiger partial charge < -0.3 is 5.32 Å². The van der Waals surface area contributed by atoms with Crippen molar-refractivity contribution >= 4 is 33.8 Å². The van der Waals surface area contributed by atoms with Crippen molar-refractivity contribution in [3.63, 3.8) is 0 Å². The molecule has 2 aromatic rings. The Kier molecular flexibility index (Phi) is 5.01. The van der Waals surface area contributed by atoms with E-state index in [0.717, 1.165) is 18.1 Å². The highest BCUT2D eigenvalue weighted by molar-refractivity contribution is 7.15. The number of carbonyl (C=O) groups is 1. The van der Waals surface area contributed by atoms with Crippen LogP contribution in [-0.2, 0) is 0 Å². The minimum absolute atomic E-state index is 0.225. The molecule has 0 spiro atoms.